The van der Waals surface area contributed by atoms with Crippen LogP contribution in [0.2, 0.25) is 0 Å². The lowest BCUT2D eigenvalue weighted by Crippen LogP contribution is -2.43. The molecule has 5 nitrogen and oxygen atoms in total. The maximum absolute atomic E-state index is 11.7. The molecule has 22 heavy (non-hydrogen) atoms. The largest absolute Gasteiger partial charge is 0.337 e. The fourth-order valence-electron chi connectivity index (χ4n) is 1.96. The van der Waals surface area contributed by atoms with Crippen molar-refractivity contribution in [2.45, 2.75) is 0 Å². The highest BCUT2D eigenvalue weighted by atomic mass is 16.2. The molecule has 0 unspecified atom stereocenters. The van der Waals surface area contributed by atoms with Crippen LogP contribution in [-0.2, 0) is 0 Å². The zero-order valence-corrected chi connectivity index (χ0v) is 13.6. The molecule has 0 atom stereocenters. The zero-order chi connectivity index (χ0) is 16.6. The Kier molecular flexibility index (Phi) is 12.9. The molecule has 0 aliphatic carbocycles. The van der Waals surface area contributed by atoms with Crippen LogP contribution >= 0.6 is 0 Å². The van der Waals surface area contributed by atoms with Crippen molar-refractivity contribution in [1.82, 2.24) is 20.4 Å². The van der Waals surface area contributed by atoms with Gasteiger partial charge in [0.1, 0.15) is 0 Å². The predicted molar refractivity (Wildman–Crippen MR) is 95.1 cm³/mol. The van der Waals surface area contributed by atoms with E-state index >= 15 is 0 Å². The van der Waals surface area contributed by atoms with Gasteiger partial charge in [0.25, 0.3) is 0 Å². The first-order valence-corrected chi connectivity index (χ1v) is 7.57. The average molecular weight is 306 g/mol. The number of hydrogen-bond donors (Lipinski definition) is 2. The third kappa shape index (κ3) is 10.9. The Balaban J connectivity index is 3.83. The summed E-state index contributed by atoms with van der Waals surface area (Å²) in [6, 6.07) is -0.144. The quantitative estimate of drug-likeness (QED) is 0.480. The topological polar surface area (TPSA) is 47.6 Å². The van der Waals surface area contributed by atoms with E-state index < -0.39 is 0 Å². The molecule has 0 saturated carbocycles. The number of rotatable bonds is 14. The highest BCUT2D eigenvalue weighted by Crippen LogP contribution is 1.89. The summed E-state index contributed by atoms with van der Waals surface area (Å²) >= 11 is 0. The van der Waals surface area contributed by atoms with E-state index in [2.05, 4.69) is 46.7 Å². The fraction of sp³-hybridized carbons (Fsp3) is 0.471. The van der Waals surface area contributed by atoms with Crippen LogP contribution in [0.5, 0.6) is 0 Å². The molecule has 2 N–H and O–H groups in total. The average Bonchev–Trinajstić information content (AvgIpc) is 2.48. The number of urea groups is 1. The maximum Gasteiger partial charge on any atom is 0.314 e. The molecule has 0 heterocycles. The molecule has 5 heteroatoms. The third-order valence-corrected chi connectivity index (χ3v) is 2.98. The number of nitrogens with zero attached hydrogens (tertiary/aromatic N) is 2. The third-order valence-electron chi connectivity index (χ3n) is 2.98. The van der Waals surface area contributed by atoms with Crippen LogP contribution in [0.25, 0.3) is 0 Å². The summed E-state index contributed by atoms with van der Waals surface area (Å²) in [5.74, 6) is 0. The summed E-state index contributed by atoms with van der Waals surface area (Å²) in [6.45, 7) is 20.7. The van der Waals surface area contributed by atoms with Crippen molar-refractivity contribution >= 4 is 6.03 Å². The van der Waals surface area contributed by atoms with E-state index in [0.29, 0.717) is 13.1 Å². The van der Waals surface area contributed by atoms with Crippen molar-refractivity contribution in [3.63, 3.8) is 0 Å². The van der Waals surface area contributed by atoms with E-state index in [1.807, 2.05) is 24.3 Å². The van der Waals surface area contributed by atoms with Crippen molar-refractivity contribution in [3.05, 3.63) is 50.6 Å². The second kappa shape index (κ2) is 14.1. The van der Waals surface area contributed by atoms with Crippen LogP contribution < -0.4 is 10.6 Å². The van der Waals surface area contributed by atoms with E-state index in [1.165, 1.54) is 0 Å². The van der Waals surface area contributed by atoms with Gasteiger partial charge < -0.3 is 10.6 Å². The van der Waals surface area contributed by atoms with Gasteiger partial charge in [-0.2, -0.15) is 0 Å². The Morgan fingerprint density at radius 3 is 1.32 bits per heavy atom. The molecule has 124 valence electrons. The molecular formula is C17H30N4O. The number of hydrogen-bond acceptors (Lipinski definition) is 3. The predicted octanol–water partition coefficient (Wildman–Crippen LogP) is 1.63. The Morgan fingerprint density at radius 1 is 0.727 bits per heavy atom. The highest BCUT2D eigenvalue weighted by Gasteiger charge is 2.04. The molecule has 0 fully saturated rings. The summed E-state index contributed by atoms with van der Waals surface area (Å²) < 4.78 is 0. The Labute approximate surface area is 135 Å². The summed E-state index contributed by atoms with van der Waals surface area (Å²) in [4.78, 5) is 16.0. The van der Waals surface area contributed by atoms with Gasteiger partial charge in [-0.3, -0.25) is 9.80 Å². The van der Waals surface area contributed by atoms with Crippen LogP contribution in [0.3, 0.4) is 0 Å². The van der Waals surface area contributed by atoms with Crippen LogP contribution in [0.4, 0.5) is 4.79 Å². The van der Waals surface area contributed by atoms with E-state index in [4.69, 9.17) is 0 Å². The standard InChI is InChI=1S/C17H30N4O/c1-5-11-20(12-6-2)15-9-18-17(22)19-10-16-21(13-7-3)14-8-4/h5-8H,1-4,9-16H2,(H2,18,19,22). The molecule has 0 aromatic rings. The smallest absolute Gasteiger partial charge is 0.314 e. The molecule has 0 aliphatic heterocycles. The first kappa shape index (κ1) is 20.1. The SMILES string of the molecule is C=CCN(CC=C)CCNC(=O)NCCN(CC=C)CC=C. The van der Waals surface area contributed by atoms with Crippen LogP contribution in [-0.4, -0.2) is 68.2 Å². The summed E-state index contributed by atoms with van der Waals surface area (Å²) in [5.41, 5.74) is 0. The normalized spacial score (nSPS) is 10.3. The van der Waals surface area contributed by atoms with E-state index in [9.17, 15) is 4.79 Å². The van der Waals surface area contributed by atoms with Crippen molar-refractivity contribution in [2.24, 2.45) is 0 Å². The molecule has 0 radical (unpaired) electrons. The number of carbonyl (C=O) groups is 1. The van der Waals surface area contributed by atoms with Crippen molar-refractivity contribution < 1.29 is 4.79 Å². The van der Waals surface area contributed by atoms with Gasteiger partial charge in [0.2, 0.25) is 0 Å². The van der Waals surface area contributed by atoms with Crippen molar-refractivity contribution in [2.75, 3.05) is 52.4 Å². The molecule has 0 aromatic carbocycles. The molecule has 0 spiro atoms. The Hall–Kier alpha value is -1.85. The van der Waals surface area contributed by atoms with Crippen LogP contribution in [0.1, 0.15) is 0 Å². The maximum atomic E-state index is 11.7. The fourth-order valence-corrected chi connectivity index (χ4v) is 1.96. The molecule has 0 rings (SSSR count). The number of carbonyl (C=O) groups excluding carboxylic acids is 1. The van der Waals surface area contributed by atoms with Gasteiger partial charge in [-0.15, -0.1) is 26.3 Å². The Morgan fingerprint density at radius 2 is 1.05 bits per heavy atom. The number of nitrogens with one attached hydrogen (secondary N) is 2. The molecule has 0 aliphatic rings. The van der Waals surface area contributed by atoms with Crippen LogP contribution in [0.15, 0.2) is 50.6 Å². The lowest BCUT2D eigenvalue weighted by Gasteiger charge is -2.20. The van der Waals surface area contributed by atoms with Gasteiger partial charge in [-0.25, -0.2) is 4.79 Å². The van der Waals surface area contributed by atoms with Crippen LogP contribution in [0, 0.1) is 0 Å². The second-order valence-electron chi connectivity index (χ2n) is 4.86. The second-order valence-corrected chi connectivity index (χ2v) is 4.86. The zero-order valence-electron chi connectivity index (χ0n) is 13.6. The minimum atomic E-state index is -0.144. The van der Waals surface area contributed by atoms with Gasteiger partial charge in [0.05, 0.1) is 0 Å². The molecular weight excluding hydrogens is 276 g/mol. The van der Waals surface area contributed by atoms with Gasteiger partial charge >= 0.3 is 6.03 Å². The first-order chi connectivity index (χ1) is 10.7. The Bertz CT molecular complexity index is 303. The molecule has 0 aromatic heterocycles. The monoisotopic (exact) mass is 306 g/mol. The van der Waals surface area contributed by atoms with E-state index in [0.717, 1.165) is 39.3 Å². The molecule has 0 saturated heterocycles. The number of amides is 2. The minimum absolute atomic E-state index is 0.144. The van der Waals surface area contributed by atoms with Crippen molar-refractivity contribution in [3.8, 4) is 0 Å². The summed E-state index contributed by atoms with van der Waals surface area (Å²) in [5, 5.41) is 5.70. The summed E-state index contributed by atoms with van der Waals surface area (Å²) in [6.07, 6.45) is 7.38. The molecule has 2 amide bonds. The van der Waals surface area contributed by atoms with Gasteiger partial charge in [0.15, 0.2) is 0 Å². The van der Waals surface area contributed by atoms with Gasteiger partial charge in [0, 0.05) is 52.4 Å². The molecule has 0 bridgehead atoms. The summed E-state index contributed by atoms with van der Waals surface area (Å²) in [7, 11) is 0. The lowest BCUT2D eigenvalue weighted by atomic mass is 10.4. The minimum Gasteiger partial charge on any atom is -0.337 e. The van der Waals surface area contributed by atoms with E-state index in [-0.39, 0.29) is 6.03 Å². The van der Waals surface area contributed by atoms with Crippen molar-refractivity contribution in [1.29, 1.82) is 0 Å². The lowest BCUT2D eigenvalue weighted by molar-refractivity contribution is 0.235. The van der Waals surface area contributed by atoms with Gasteiger partial charge in [-0.05, 0) is 0 Å². The van der Waals surface area contributed by atoms with E-state index in [1.54, 1.807) is 0 Å². The van der Waals surface area contributed by atoms with Gasteiger partial charge in [-0.1, -0.05) is 24.3 Å². The highest BCUT2D eigenvalue weighted by molar-refractivity contribution is 5.73. The first-order valence-electron chi connectivity index (χ1n) is 7.57.